The topological polar surface area (TPSA) is 58.8 Å². The van der Waals surface area contributed by atoms with E-state index in [-0.39, 0.29) is 5.97 Å². The Morgan fingerprint density at radius 3 is 2.60 bits per heavy atom. The summed E-state index contributed by atoms with van der Waals surface area (Å²) < 4.78 is 4.76. The number of nitrogen functional groups attached to an aromatic ring is 1. The van der Waals surface area contributed by atoms with Crippen molar-refractivity contribution in [2.45, 2.75) is 13.3 Å². The van der Waals surface area contributed by atoms with Crippen molar-refractivity contribution < 1.29 is 9.53 Å². The molecule has 20 heavy (non-hydrogen) atoms. The molecule has 110 valence electrons. The van der Waals surface area contributed by atoms with Gasteiger partial charge in [-0.15, -0.1) is 0 Å². The zero-order valence-electron chi connectivity index (χ0n) is 12.3. The fourth-order valence-electron chi connectivity index (χ4n) is 2.57. The summed E-state index contributed by atoms with van der Waals surface area (Å²) in [5, 5.41) is 0. The smallest absolute Gasteiger partial charge is 0.340 e. The van der Waals surface area contributed by atoms with Crippen molar-refractivity contribution >= 4 is 17.3 Å². The van der Waals surface area contributed by atoms with E-state index in [1.807, 2.05) is 12.1 Å². The number of anilines is 2. The Balaban J connectivity index is 2.08. The van der Waals surface area contributed by atoms with Gasteiger partial charge in [0.05, 0.1) is 12.7 Å². The molecule has 1 aliphatic rings. The maximum atomic E-state index is 11.7. The van der Waals surface area contributed by atoms with Crippen LogP contribution in [-0.2, 0) is 4.74 Å². The van der Waals surface area contributed by atoms with Gasteiger partial charge in [0.15, 0.2) is 0 Å². The minimum Gasteiger partial charge on any atom is -0.465 e. The van der Waals surface area contributed by atoms with Gasteiger partial charge in [-0.1, -0.05) is 6.92 Å². The highest BCUT2D eigenvalue weighted by atomic mass is 16.5. The van der Waals surface area contributed by atoms with Crippen LogP contribution < -0.4 is 10.6 Å². The Kier molecular flexibility index (Phi) is 4.84. The van der Waals surface area contributed by atoms with Gasteiger partial charge in [-0.2, -0.15) is 0 Å². The van der Waals surface area contributed by atoms with E-state index in [0.29, 0.717) is 11.3 Å². The van der Waals surface area contributed by atoms with Gasteiger partial charge in [-0.05, 0) is 31.2 Å². The van der Waals surface area contributed by atoms with Gasteiger partial charge in [0.2, 0.25) is 0 Å². The monoisotopic (exact) mass is 277 g/mol. The summed E-state index contributed by atoms with van der Waals surface area (Å²) in [6.45, 7) is 7.44. The van der Waals surface area contributed by atoms with E-state index in [2.05, 4.69) is 16.7 Å². The highest BCUT2D eigenvalue weighted by Crippen LogP contribution is 2.23. The summed E-state index contributed by atoms with van der Waals surface area (Å²) in [7, 11) is 1.37. The lowest BCUT2D eigenvalue weighted by atomic mass is 10.1. The maximum absolute atomic E-state index is 11.7. The second kappa shape index (κ2) is 6.61. The van der Waals surface area contributed by atoms with Gasteiger partial charge in [-0.3, -0.25) is 4.90 Å². The number of nitrogens with two attached hydrogens (primary N) is 1. The van der Waals surface area contributed by atoms with E-state index in [4.69, 9.17) is 10.5 Å². The Hall–Kier alpha value is -1.75. The Morgan fingerprint density at radius 2 is 2.00 bits per heavy atom. The van der Waals surface area contributed by atoms with E-state index < -0.39 is 0 Å². The van der Waals surface area contributed by atoms with Crippen LogP contribution in [0.15, 0.2) is 18.2 Å². The van der Waals surface area contributed by atoms with E-state index >= 15 is 0 Å². The molecule has 1 saturated heterocycles. The number of hydrogen-bond donors (Lipinski definition) is 1. The van der Waals surface area contributed by atoms with Crippen LogP contribution in [-0.4, -0.2) is 50.7 Å². The third-order valence-electron chi connectivity index (χ3n) is 3.72. The number of rotatable bonds is 4. The average molecular weight is 277 g/mol. The summed E-state index contributed by atoms with van der Waals surface area (Å²) in [5.74, 6) is -0.381. The molecule has 5 nitrogen and oxygen atoms in total. The molecule has 2 N–H and O–H groups in total. The number of esters is 1. The molecule has 2 rings (SSSR count). The molecule has 0 aliphatic carbocycles. The fraction of sp³-hybridized carbons (Fsp3) is 0.533. The number of benzene rings is 1. The second-order valence-electron chi connectivity index (χ2n) is 5.09. The van der Waals surface area contributed by atoms with Crippen molar-refractivity contribution in [3.8, 4) is 0 Å². The SMILES string of the molecule is CCCN1CCN(c2ccc(N)c(C(=O)OC)c2)CC1. The van der Waals surface area contributed by atoms with Crippen LogP contribution in [0.1, 0.15) is 23.7 Å². The zero-order chi connectivity index (χ0) is 14.5. The molecule has 1 fully saturated rings. The first-order chi connectivity index (χ1) is 9.65. The number of piperazine rings is 1. The van der Waals surface area contributed by atoms with Crippen molar-refractivity contribution in [2.75, 3.05) is 50.5 Å². The lowest BCUT2D eigenvalue weighted by Crippen LogP contribution is -2.46. The molecule has 1 aliphatic heterocycles. The molecule has 0 unspecified atom stereocenters. The highest BCUT2D eigenvalue weighted by molar-refractivity contribution is 5.96. The van der Waals surface area contributed by atoms with Crippen LogP contribution in [0, 0.1) is 0 Å². The van der Waals surface area contributed by atoms with Crippen LogP contribution in [0.2, 0.25) is 0 Å². The van der Waals surface area contributed by atoms with Crippen molar-refractivity contribution in [1.82, 2.24) is 4.90 Å². The third kappa shape index (κ3) is 3.22. The average Bonchev–Trinajstić information content (AvgIpc) is 2.48. The van der Waals surface area contributed by atoms with Gasteiger partial charge in [0, 0.05) is 37.6 Å². The number of nitrogens with zero attached hydrogens (tertiary/aromatic N) is 2. The van der Waals surface area contributed by atoms with E-state index in [9.17, 15) is 4.79 Å². The molecular formula is C15H23N3O2. The van der Waals surface area contributed by atoms with Gasteiger partial charge in [-0.25, -0.2) is 4.79 Å². The quantitative estimate of drug-likeness (QED) is 0.669. The molecule has 5 heteroatoms. The summed E-state index contributed by atoms with van der Waals surface area (Å²) in [6, 6.07) is 5.58. The van der Waals surface area contributed by atoms with Crippen LogP contribution >= 0.6 is 0 Å². The zero-order valence-corrected chi connectivity index (χ0v) is 12.3. The maximum Gasteiger partial charge on any atom is 0.340 e. The van der Waals surface area contributed by atoms with Gasteiger partial charge in [0.25, 0.3) is 0 Å². The molecule has 0 bridgehead atoms. The van der Waals surface area contributed by atoms with Crippen LogP contribution in [0.25, 0.3) is 0 Å². The van der Waals surface area contributed by atoms with E-state index in [0.717, 1.165) is 38.4 Å². The van der Waals surface area contributed by atoms with E-state index in [1.54, 1.807) is 6.07 Å². The lowest BCUT2D eigenvalue weighted by molar-refractivity contribution is 0.0602. The molecule has 0 spiro atoms. The Labute approximate surface area is 120 Å². The molecule has 0 saturated carbocycles. The molecule has 1 aromatic rings. The van der Waals surface area contributed by atoms with Crippen molar-refractivity contribution in [3.63, 3.8) is 0 Å². The Bertz CT molecular complexity index is 468. The van der Waals surface area contributed by atoms with Gasteiger partial charge in [0.1, 0.15) is 0 Å². The van der Waals surface area contributed by atoms with Crippen molar-refractivity contribution in [1.29, 1.82) is 0 Å². The van der Waals surface area contributed by atoms with Crippen molar-refractivity contribution in [2.24, 2.45) is 0 Å². The fourth-order valence-corrected chi connectivity index (χ4v) is 2.57. The molecule has 1 heterocycles. The first-order valence-corrected chi connectivity index (χ1v) is 7.11. The molecule has 0 radical (unpaired) electrons. The third-order valence-corrected chi connectivity index (χ3v) is 3.72. The second-order valence-corrected chi connectivity index (χ2v) is 5.09. The first kappa shape index (κ1) is 14.7. The summed E-state index contributed by atoms with van der Waals surface area (Å²) in [6.07, 6.45) is 1.19. The number of carbonyl (C=O) groups excluding carboxylic acids is 1. The number of ether oxygens (including phenoxy) is 1. The summed E-state index contributed by atoms with van der Waals surface area (Å²) in [5.41, 5.74) is 7.78. The molecule has 0 aromatic heterocycles. The van der Waals surface area contributed by atoms with Crippen LogP contribution in [0.4, 0.5) is 11.4 Å². The standard InChI is InChI=1S/C15H23N3O2/c1-3-6-17-7-9-18(10-8-17)12-4-5-14(16)13(11-12)15(19)20-2/h4-5,11H,3,6-10,16H2,1-2H3. The lowest BCUT2D eigenvalue weighted by Gasteiger charge is -2.36. The highest BCUT2D eigenvalue weighted by Gasteiger charge is 2.18. The van der Waals surface area contributed by atoms with E-state index in [1.165, 1.54) is 13.5 Å². The number of hydrogen-bond acceptors (Lipinski definition) is 5. The predicted molar refractivity (Wildman–Crippen MR) is 81.1 cm³/mol. The largest absolute Gasteiger partial charge is 0.465 e. The molecular weight excluding hydrogens is 254 g/mol. The normalized spacial score (nSPS) is 16.2. The predicted octanol–water partition coefficient (Wildman–Crippen LogP) is 1.59. The summed E-state index contributed by atoms with van der Waals surface area (Å²) >= 11 is 0. The summed E-state index contributed by atoms with van der Waals surface area (Å²) in [4.78, 5) is 16.4. The molecule has 1 aromatic carbocycles. The van der Waals surface area contributed by atoms with Crippen LogP contribution in [0.3, 0.4) is 0 Å². The number of carbonyl (C=O) groups is 1. The first-order valence-electron chi connectivity index (χ1n) is 7.11. The minimum atomic E-state index is -0.381. The Morgan fingerprint density at radius 1 is 1.30 bits per heavy atom. The molecule has 0 atom stereocenters. The number of methoxy groups -OCH3 is 1. The van der Waals surface area contributed by atoms with Gasteiger partial charge < -0.3 is 15.4 Å². The van der Waals surface area contributed by atoms with Crippen LogP contribution in [0.5, 0.6) is 0 Å². The van der Waals surface area contributed by atoms with Crippen molar-refractivity contribution in [3.05, 3.63) is 23.8 Å². The molecule has 0 amide bonds. The minimum absolute atomic E-state index is 0.381. The van der Waals surface area contributed by atoms with Gasteiger partial charge >= 0.3 is 5.97 Å².